The molecule has 0 spiro atoms. The van der Waals surface area contributed by atoms with Gasteiger partial charge in [0.1, 0.15) is 13.2 Å². The minimum Gasteiger partial charge on any atom is -0.462 e. The van der Waals surface area contributed by atoms with Crippen LogP contribution in [0.15, 0.2) is 0 Å². The van der Waals surface area contributed by atoms with E-state index >= 15 is 0 Å². The summed E-state index contributed by atoms with van der Waals surface area (Å²) in [6.07, 6.45) is 52.2. The number of carbonyl (C=O) groups excluding carboxylic acids is 3. The molecule has 0 saturated carbocycles. The molecule has 6 nitrogen and oxygen atoms in total. The normalized spacial score (nSPS) is 12.9. The Labute approximate surface area is 393 Å². The fourth-order valence-electron chi connectivity index (χ4n) is 8.63. The van der Waals surface area contributed by atoms with E-state index in [4.69, 9.17) is 14.2 Å². The zero-order valence-corrected chi connectivity index (χ0v) is 43.2. The van der Waals surface area contributed by atoms with Crippen LogP contribution in [-0.2, 0) is 28.6 Å². The zero-order chi connectivity index (χ0) is 46.1. The van der Waals surface area contributed by atoms with Crippen molar-refractivity contribution >= 4 is 17.9 Å². The van der Waals surface area contributed by atoms with Crippen molar-refractivity contribution in [2.45, 2.75) is 323 Å². The van der Waals surface area contributed by atoms with Crippen LogP contribution in [0, 0.1) is 11.8 Å². The van der Waals surface area contributed by atoms with E-state index in [0.29, 0.717) is 19.3 Å². The van der Waals surface area contributed by atoms with Gasteiger partial charge in [-0.05, 0) is 31.1 Å². The van der Waals surface area contributed by atoms with Gasteiger partial charge in [-0.15, -0.1) is 0 Å². The summed E-state index contributed by atoms with van der Waals surface area (Å²) >= 11 is 0. The van der Waals surface area contributed by atoms with E-state index in [1.54, 1.807) is 0 Å². The predicted octanol–water partition coefficient (Wildman–Crippen LogP) is 18.5. The summed E-state index contributed by atoms with van der Waals surface area (Å²) in [6, 6.07) is 0. The van der Waals surface area contributed by atoms with Crippen LogP contribution in [0.5, 0.6) is 0 Å². The van der Waals surface area contributed by atoms with Crippen LogP contribution in [0.2, 0.25) is 0 Å². The summed E-state index contributed by atoms with van der Waals surface area (Å²) in [5.41, 5.74) is 0. The summed E-state index contributed by atoms with van der Waals surface area (Å²) in [7, 11) is 0. The third kappa shape index (κ3) is 48.2. The Morgan fingerprint density at radius 3 is 0.825 bits per heavy atom. The highest BCUT2D eigenvalue weighted by molar-refractivity contribution is 5.71. The molecule has 0 heterocycles. The van der Waals surface area contributed by atoms with Gasteiger partial charge in [0.2, 0.25) is 0 Å². The van der Waals surface area contributed by atoms with Gasteiger partial charge < -0.3 is 14.2 Å². The smallest absolute Gasteiger partial charge is 0.306 e. The molecule has 2 unspecified atom stereocenters. The molecule has 0 aliphatic rings. The lowest BCUT2D eigenvalue weighted by Crippen LogP contribution is -2.30. The van der Waals surface area contributed by atoms with Gasteiger partial charge in [0.25, 0.3) is 0 Å². The summed E-state index contributed by atoms with van der Waals surface area (Å²) in [4.78, 5) is 38.0. The van der Waals surface area contributed by atoms with Crippen LogP contribution >= 0.6 is 0 Å². The molecule has 0 aliphatic heterocycles. The molecule has 0 saturated heterocycles. The average molecular weight is 892 g/mol. The molecular formula is C57H110O6. The number of rotatable bonds is 51. The topological polar surface area (TPSA) is 78.9 Å². The second-order valence-electron chi connectivity index (χ2n) is 20.1. The number of esters is 3. The molecule has 0 bridgehead atoms. The molecule has 374 valence electrons. The predicted molar refractivity (Wildman–Crippen MR) is 270 cm³/mol. The fraction of sp³-hybridized carbons (Fsp3) is 0.947. The zero-order valence-electron chi connectivity index (χ0n) is 43.2. The van der Waals surface area contributed by atoms with Gasteiger partial charge in [-0.25, -0.2) is 0 Å². The van der Waals surface area contributed by atoms with Crippen LogP contribution < -0.4 is 0 Å². The Morgan fingerprint density at radius 1 is 0.317 bits per heavy atom. The van der Waals surface area contributed by atoms with Gasteiger partial charge in [-0.2, -0.15) is 0 Å². The Bertz CT molecular complexity index is 966. The van der Waals surface area contributed by atoms with E-state index in [1.165, 1.54) is 205 Å². The summed E-state index contributed by atoms with van der Waals surface area (Å²) in [5.74, 6) is 0.946. The van der Waals surface area contributed by atoms with Crippen molar-refractivity contribution in [3.8, 4) is 0 Å². The van der Waals surface area contributed by atoms with E-state index < -0.39 is 6.10 Å². The lowest BCUT2D eigenvalue weighted by atomic mass is 9.99. The molecular weight excluding hydrogens is 781 g/mol. The standard InChI is InChI=1S/C57H110O6/c1-6-9-10-11-12-25-32-37-42-47-55(58)61-50-54(63-57(60)49-44-39-34-29-24-20-16-14-18-22-27-31-36-41-46-53(5)8-3)51-62-56(59)48-43-38-33-28-23-19-15-13-17-21-26-30-35-40-45-52(4)7-2/h52-54H,6-51H2,1-5H3/t52?,53?,54-/m0/s1. The van der Waals surface area contributed by atoms with Crippen molar-refractivity contribution in [2.24, 2.45) is 11.8 Å². The van der Waals surface area contributed by atoms with Gasteiger partial charge in [0.15, 0.2) is 6.10 Å². The number of hydrogen-bond acceptors (Lipinski definition) is 6. The average Bonchev–Trinajstić information content (AvgIpc) is 3.28. The molecule has 0 radical (unpaired) electrons. The molecule has 63 heavy (non-hydrogen) atoms. The van der Waals surface area contributed by atoms with Gasteiger partial charge in [-0.1, -0.05) is 279 Å². The Hall–Kier alpha value is -1.59. The summed E-state index contributed by atoms with van der Waals surface area (Å²) < 4.78 is 16.8. The van der Waals surface area contributed by atoms with Crippen LogP contribution in [0.4, 0.5) is 0 Å². The second-order valence-corrected chi connectivity index (χ2v) is 20.1. The highest BCUT2D eigenvalue weighted by Gasteiger charge is 2.19. The van der Waals surface area contributed by atoms with Gasteiger partial charge in [0.05, 0.1) is 0 Å². The first kappa shape index (κ1) is 61.4. The van der Waals surface area contributed by atoms with E-state index in [-0.39, 0.29) is 31.1 Å². The first-order valence-corrected chi connectivity index (χ1v) is 28.3. The molecule has 0 fully saturated rings. The minimum absolute atomic E-state index is 0.0630. The van der Waals surface area contributed by atoms with Crippen LogP contribution in [0.25, 0.3) is 0 Å². The number of ether oxygens (including phenoxy) is 3. The summed E-state index contributed by atoms with van der Waals surface area (Å²) in [6.45, 7) is 11.5. The quantitative estimate of drug-likeness (QED) is 0.0344. The van der Waals surface area contributed by atoms with Crippen molar-refractivity contribution in [1.82, 2.24) is 0 Å². The third-order valence-corrected chi connectivity index (χ3v) is 13.7. The van der Waals surface area contributed by atoms with Crippen LogP contribution in [-0.4, -0.2) is 37.2 Å². The van der Waals surface area contributed by atoms with Crippen molar-refractivity contribution in [1.29, 1.82) is 0 Å². The molecule has 0 aromatic rings. The Kier molecular flexibility index (Phi) is 48.6. The SMILES string of the molecule is CCCCCCCCCCCC(=O)OC[C@@H](COC(=O)CCCCCCCCCCCCCCCCC(C)CC)OC(=O)CCCCCCCCCCCCCCCCC(C)CC. The molecule has 0 aromatic heterocycles. The van der Waals surface area contributed by atoms with E-state index in [0.717, 1.165) is 69.6 Å². The van der Waals surface area contributed by atoms with E-state index in [1.807, 2.05) is 0 Å². The van der Waals surface area contributed by atoms with Gasteiger partial charge in [-0.3, -0.25) is 14.4 Å². The number of hydrogen-bond donors (Lipinski definition) is 0. The second kappa shape index (κ2) is 49.8. The molecule has 0 N–H and O–H groups in total. The molecule has 0 amide bonds. The maximum absolute atomic E-state index is 12.8. The Balaban J connectivity index is 4.23. The lowest BCUT2D eigenvalue weighted by molar-refractivity contribution is -0.167. The highest BCUT2D eigenvalue weighted by Crippen LogP contribution is 2.19. The third-order valence-electron chi connectivity index (χ3n) is 13.7. The largest absolute Gasteiger partial charge is 0.462 e. The Morgan fingerprint density at radius 2 is 0.556 bits per heavy atom. The number of unbranched alkanes of at least 4 members (excludes halogenated alkanes) is 34. The van der Waals surface area contributed by atoms with E-state index in [9.17, 15) is 14.4 Å². The van der Waals surface area contributed by atoms with Crippen molar-refractivity contribution in [3.05, 3.63) is 0 Å². The van der Waals surface area contributed by atoms with Crippen LogP contribution in [0.3, 0.4) is 0 Å². The first-order chi connectivity index (χ1) is 30.8. The molecule has 6 heteroatoms. The monoisotopic (exact) mass is 891 g/mol. The lowest BCUT2D eigenvalue weighted by Gasteiger charge is -2.18. The van der Waals surface area contributed by atoms with Crippen molar-refractivity contribution in [2.75, 3.05) is 13.2 Å². The maximum Gasteiger partial charge on any atom is 0.306 e. The fourth-order valence-corrected chi connectivity index (χ4v) is 8.63. The molecule has 0 rings (SSSR count). The first-order valence-electron chi connectivity index (χ1n) is 28.3. The molecule has 0 aliphatic carbocycles. The molecule has 3 atom stereocenters. The molecule has 0 aromatic carbocycles. The van der Waals surface area contributed by atoms with Gasteiger partial charge >= 0.3 is 17.9 Å². The van der Waals surface area contributed by atoms with Crippen LogP contribution in [0.1, 0.15) is 317 Å². The summed E-state index contributed by atoms with van der Waals surface area (Å²) in [5, 5.41) is 0. The number of carbonyl (C=O) groups is 3. The van der Waals surface area contributed by atoms with E-state index in [2.05, 4.69) is 34.6 Å². The van der Waals surface area contributed by atoms with Crippen molar-refractivity contribution < 1.29 is 28.6 Å². The highest BCUT2D eigenvalue weighted by atomic mass is 16.6. The minimum atomic E-state index is -0.761. The maximum atomic E-state index is 12.8. The van der Waals surface area contributed by atoms with Crippen molar-refractivity contribution in [3.63, 3.8) is 0 Å². The van der Waals surface area contributed by atoms with Gasteiger partial charge in [0, 0.05) is 19.3 Å².